The Kier molecular flexibility index (Phi) is 3.79. The third kappa shape index (κ3) is 2.08. The SMILES string of the molecule is CC1(C)c2ncc3c(c2C(C)(C)C1(C)C)c1cccc2c4c5c(ncc4n3c12)C(C)(C)C(C)(C)C5(C)C. The molecule has 3 nitrogen and oxygen atoms in total. The van der Waals surface area contributed by atoms with Crippen molar-refractivity contribution in [2.75, 3.05) is 0 Å². The van der Waals surface area contributed by atoms with E-state index in [1.54, 1.807) is 0 Å². The second-order valence-electron chi connectivity index (χ2n) is 15.3. The van der Waals surface area contributed by atoms with Crippen molar-refractivity contribution < 1.29 is 0 Å². The Labute approximate surface area is 221 Å². The number of benzene rings is 1. The molecule has 37 heavy (non-hydrogen) atoms. The summed E-state index contributed by atoms with van der Waals surface area (Å²) in [6.45, 7) is 28.9. The molecule has 0 saturated carbocycles. The zero-order valence-electron chi connectivity index (χ0n) is 24.7. The number of hydrogen-bond acceptors (Lipinski definition) is 2. The fourth-order valence-corrected chi connectivity index (χ4v) is 8.39. The van der Waals surface area contributed by atoms with Crippen molar-refractivity contribution in [3.63, 3.8) is 0 Å². The molecule has 1 aromatic carbocycles. The number of aromatic nitrogens is 3. The van der Waals surface area contributed by atoms with E-state index in [9.17, 15) is 0 Å². The van der Waals surface area contributed by atoms with Gasteiger partial charge in [0.2, 0.25) is 0 Å². The lowest BCUT2D eigenvalue weighted by Gasteiger charge is -2.44. The lowest BCUT2D eigenvalue weighted by molar-refractivity contribution is 0.124. The first-order valence-corrected chi connectivity index (χ1v) is 14.0. The van der Waals surface area contributed by atoms with Crippen molar-refractivity contribution in [2.45, 2.75) is 105 Å². The molecule has 4 aromatic heterocycles. The molecule has 0 radical (unpaired) electrons. The van der Waals surface area contributed by atoms with Gasteiger partial charge in [0.1, 0.15) is 0 Å². The Bertz CT molecular complexity index is 1690. The molecule has 2 aliphatic carbocycles. The number of hydrogen-bond donors (Lipinski definition) is 0. The molecule has 7 rings (SSSR count). The van der Waals surface area contributed by atoms with Crippen LogP contribution in [0.5, 0.6) is 0 Å². The summed E-state index contributed by atoms with van der Waals surface area (Å²) in [5, 5.41) is 5.48. The summed E-state index contributed by atoms with van der Waals surface area (Å²) in [7, 11) is 0. The molecule has 0 aliphatic heterocycles. The van der Waals surface area contributed by atoms with Crippen LogP contribution < -0.4 is 0 Å². The van der Waals surface area contributed by atoms with Crippen LogP contribution in [-0.2, 0) is 21.7 Å². The number of nitrogens with zero attached hydrogens (tertiary/aromatic N) is 3. The van der Waals surface area contributed by atoms with Crippen molar-refractivity contribution in [3.05, 3.63) is 53.1 Å². The summed E-state index contributed by atoms with van der Waals surface area (Å²) in [6.07, 6.45) is 4.30. The molecule has 0 spiro atoms. The highest BCUT2D eigenvalue weighted by molar-refractivity contribution is 6.25. The highest BCUT2D eigenvalue weighted by atomic mass is 15.0. The van der Waals surface area contributed by atoms with E-state index in [4.69, 9.17) is 9.97 Å². The first kappa shape index (κ1) is 23.4. The first-order valence-electron chi connectivity index (χ1n) is 14.0. The van der Waals surface area contributed by atoms with Crippen LogP contribution in [0.1, 0.15) is 106 Å². The topological polar surface area (TPSA) is 30.2 Å². The molecule has 0 fully saturated rings. The normalized spacial score (nSPS) is 23.9. The van der Waals surface area contributed by atoms with Crippen molar-refractivity contribution in [1.29, 1.82) is 0 Å². The smallest absolute Gasteiger partial charge is 0.0728 e. The summed E-state index contributed by atoms with van der Waals surface area (Å²) in [5.74, 6) is 0. The minimum Gasteiger partial charge on any atom is -0.305 e. The molecule has 0 N–H and O–H groups in total. The minimum atomic E-state index is -0.0162. The van der Waals surface area contributed by atoms with Gasteiger partial charge in [0, 0.05) is 32.4 Å². The van der Waals surface area contributed by atoms with Crippen LogP contribution in [0, 0.1) is 10.8 Å². The average Bonchev–Trinajstić information content (AvgIpc) is 3.39. The number of fused-ring (bicyclic) bond motifs is 10. The maximum atomic E-state index is 5.24. The lowest BCUT2D eigenvalue weighted by atomic mass is 9.59. The lowest BCUT2D eigenvalue weighted by Crippen LogP contribution is -2.42. The Morgan fingerprint density at radius 3 is 1.30 bits per heavy atom. The largest absolute Gasteiger partial charge is 0.305 e. The summed E-state index contributed by atoms with van der Waals surface area (Å²) < 4.78 is 2.48. The van der Waals surface area contributed by atoms with Crippen molar-refractivity contribution in [2.24, 2.45) is 10.8 Å². The van der Waals surface area contributed by atoms with E-state index in [0.717, 1.165) is 0 Å². The molecule has 0 unspecified atom stereocenters. The molecule has 0 amide bonds. The van der Waals surface area contributed by atoms with Gasteiger partial charge in [-0.1, -0.05) is 101 Å². The van der Waals surface area contributed by atoms with Gasteiger partial charge in [0.25, 0.3) is 0 Å². The van der Waals surface area contributed by atoms with Crippen molar-refractivity contribution in [1.82, 2.24) is 14.4 Å². The van der Waals surface area contributed by atoms with Gasteiger partial charge in [0.05, 0.1) is 40.3 Å². The van der Waals surface area contributed by atoms with Gasteiger partial charge < -0.3 is 4.40 Å². The van der Waals surface area contributed by atoms with Gasteiger partial charge in [-0.05, 0) is 32.8 Å². The first-order chi connectivity index (χ1) is 16.9. The van der Waals surface area contributed by atoms with E-state index >= 15 is 0 Å². The van der Waals surface area contributed by atoms with Crippen LogP contribution in [0.3, 0.4) is 0 Å². The van der Waals surface area contributed by atoms with E-state index in [0.29, 0.717) is 0 Å². The van der Waals surface area contributed by atoms with Gasteiger partial charge in [-0.3, -0.25) is 9.97 Å². The molecule has 3 heteroatoms. The van der Waals surface area contributed by atoms with E-state index in [1.165, 1.54) is 60.6 Å². The summed E-state index contributed by atoms with van der Waals surface area (Å²) in [5.41, 5.74) is 9.24. The van der Waals surface area contributed by atoms with Crippen molar-refractivity contribution in [3.8, 4) is 0 Å². The Hall–Kier alpha value is -2.68. The standard InChI is InChI=1S/C34H41N3/c1-29(2)24-22-18-14-13-15-19-23-21(17-36-28-25(23)30(3,4)34(11,12)32(28,7)8)37(26(18)19)20(22)16-35-27(24)31(5,6)33(29,9)10/h13-17H,1-12H3. The highest BCUT2D eigenvalue weighted by Gasteiger charge is 2.60. The molecular formula is C34H41N3. The Morgan fingerprint density at radius 2 is 0.919 bits per heavy atom. The zero-order chi connectivity index (χ0) is 26.9. The fraction of sp³-hybridized carbons (Fsp3) is 0.529. The predicted octanol–water partition coefficient (Wildman–Crippen LogP) is 8.82. The van der Waals surface area contributed by atoms with E-state index < -0.39 is 0 Å². The molecule has 192 valence electrons. The van der Waals surface area contributed by atoms with Gasteiger partial charge in [0.15, 0.2) is 0 Å². The molecular weight excluding hydrogens is 450 g/mol. The molecule has 2 aliphatic rings. The fourth-order valence-electron chi connectivity index (χ4n) is 8.39. The maximum absolute atomic E-state index is 5.24. The van der Waals surface area contributed by atoms with Gasteiger partial charge in [-0.25, -0.2) is 0 Å². The van der Waals surface area contributed by atoms with E-state index in [-0.39, 0.29) is 32.5 Å². The molecule has 4 heterocycles. The molecule has 5 aromatic rings. The third-order valence-electron chi connectivity index (χ3n) is 13.1. The maximum Gasteiger partial charge on any atom is 0.0728 e. The Morgan fingerprint density at radius 1 is 0.541 bits per heavy atom. The summed E-state index contributed by atoms with van der Waals surface area (Å²) >= 11 is 0. The van der Waals surface area contributed by atoms with Crippen molar-refractivity contribution >= 4 is 38.1 Å². The minimum absolute atomic E-state index is 0.0122. The van der Waals surface area contributed by atoms with Gasteiger partial charge in [-0.15, -0.1) is 0 Å². The van der Waals surface area contributed by atoms with Crippen LogP contribution in [0.15, 0.2) is 30.6 Å². The summed E-state index contributed by atoms with van der Waals surface area (Å²) in [6, 6.07) is 6.95. The van der Waals surface area contributed by atoms with Crippen LogP contribution in [0.25, 0.3) is 38.1 Å². The summed E-state index contributed by atoms with van der Waals surface area (Å²) in [4.78, 5) is 10.5. The second-order valence-corrected chi connectivity index (χ2v) is 15.3. The number of rotatable bonds is 0. The number of pyridine rings is 2. The van der Waals surface area contributed by atoms with E-state index in [1.807, 2.05) is 0 Å². The zero-order valence-corrected chi connectivity index (χ0v) is 24.7. The van der Waals surface area contributed by atoms with Crippen LogP contribution in [0.2, 0.25) is 0 Å². The number of para-hydroxylation sites is 1. The van der Waals surface area contributed by atoms with Crippen LogP contribution >= 0.6 is 0 Å². The van der Waals surface area contributed by atoms with Gasteiger partial charge >= 0.3 is 0 Å². The van der Waals surface area contributed by atoms with Crippen LogP contribution in [0.4, 0.5) is 0 Å². The third-order valence-corrected chi connectivity index (χ3v) is 13.1. The molecule has 0 bridgehead atoms. The van der Waals surface area contributed by atoms with Crippen LogP contribution in [-0.4, -0.2) is 14.4 Å². The quantitative estimate of drug-likeness (QED) is 0.217. The highest BCUT2D eigenvalue weighted by Crippen LogP contribution is 2.65. The second kappa shape index (κ2) is 5.98. The molecule has 0 atom stereocenters. The average molecular weight is 492 g/mol. The predicted molar refractivity (Wildman–Crippen MR) is 156 cm³/mol. The van der Waals surface area contributed by atoms with Gasteiger partial charge in [-0.2, -0.15) is 0 Å². The monoisotopic (exact) mass is 491 g/mol. The molecule has 0 saturated heterocycles. The Balaban J connectivity index is 1.72. The van der Waals surface area contributed by atoms with E-state index in [2.05, 4.69) is 118 Å².